The Morgan fingerprint density at radius 3 is 2.49 bits per heavy atom. The molecule has 0 saturated heterocycles. The summed E-state index contributed by atoms with van der Waals surface area (Å²) in [5, 5.41) is 13.9. The van der Waals surface area contributed by atoms with Crippen LogP contribution in [0.25, 0.3) is 0 Å². The van der Waals surface area contributed by atoms with Crippen molar-refractivity contribution in [3.8, 4) is 17.2 Å². The molecule has 1 heterocycles. The molecule has 0 saturated carbocycles. The number of rotatable bonds is 11. The van der Waals surface area contributed by atoms with E-state index in [0.717, 1.165) is 35.2 Å². The molecule has 1 aliphatic heterocycles. The first-order valence-corrected chi connectivity index (χ1v) is 15.5. The van der Waals surface area contributed by atoms with Gasteiger partial charge in [-0.25, -0.2) is 0 Å². The van der Waals surface area contributed by atoms with Crippen LogP contribution in [-0.4, -0.2) is 37.7 Å². The molecule has 2 unspecified atom stereocenters. The third-order valence-corrected chi connectivity index (χ3v) is 9.07. The summed E-state index contributed by atoms with van der Waals surface area (Å²) in [6.45, 7) is 4.76. The summed E-state index contributed by atoms with van der Waals surface area (Å²) < 4.78 is 11.0. The maximum Gasteiger partial charge on any atom is 0.255 e. The molecular formula is C36H36Cl2N2O5. The van der Waals surface area contributed by atoms with Gasteiger partial charge < -0.3 is 24.8 Å². The zero-order valence-electron chi connectivity index (χ0n) is 25.7. The van der Waals surface area contributed by atoms with Gasteiger partial charge >= 0.3 is 0 Å². The van der Waals surface area contributed by atoms with E-state index in [4.69, 9.17) is 32.7 Å². The Hall–Kier alpha value is -4.20. The zero-order chi connectivity index (χ0) is 32.3. The van der Waals surface area contributed by atoms with Gasteiger partial charge in [-0.1, -0.05) is 54.4 Å². The number of benzene rings is 4. The van der Waals surface area contributed by atoms with Gasteiger partial charge in [0.15, 0.2) is 0 Å². The largest absolute Gasteiger partial charge is 0.507 e. The number of carbonyl (C=O) groups excluding carboxylic acids is 2. The number of halogens is 2. The number of nitrogens with zero attached hydrogens (tertiary/aromatic N) is 1. The molecule has 0 fully saturated rings. The van der Waals surface area contributed by atoms with Gasteiger partial charge in [0, 0.05) is 33.9 Å². The number of amides is 2. The number of methoxy groups -OCH3 is 2. The highest BCUT2D eigenvalue weighted by atomic mass is 35.5. The third-order valence-electron chi connectivity index (χ3n) is 8.51. The van der Waals surface area contributed by atoms with E-state index in [1.165, 1.54) is 6.07 Å². The molecule has 0 radical (unpaired) electrons. The van der Waals surface area contributed by atoms with Crippen molar-refractivity contribution < 1.29 is 24.2 Å². The van der Waals surface area contributed by atoms with Crippen LogP contribution in [0.5, 0.6) is 17.2 Å². The molecule has 5 rings (SSSR count). The molecule has 2 N–H and O–H groups in total. The second kappa shape index (κ2) is 13.4. The van der Waals surface area contributed by atoms with Crippen LogP contribution in [0.3, 0.4) is 0 Å². The molecule has 2 atom stereocenters. The summed E-state index contributed by atoms with van der Waals surface area (Å²) in [6, 6.07) is 23.4. The molecule has 2 amide bonds. The molecule has 4 aromatic carbocycles. The summed E-state index contributed by atoms with van der Waals surface area (Å²) in [7, 11) is 3.19. The van der Waals surface area contributed by atoms with E-state index in [1.54, 1.807) is 49.5 Å². The van der Waals surface area contributed by atoms with Crippen LogP contribution in [0.4, 0.5) is 5.69 Å². The first-order valence-electron chi connectivity index (χ1n) is 14.7. The van der Waals surface area contributed by atoms with Gasteiger partial charge in [-0.3, -0.25) is 9.59 Å². The number of hydrogen-bond donors (Lipinski definition) is 2. The number of aromatic hydroxyl groups is 1. The first kappa shape index (κ1) is 32.2. The number of anilines is 1. The van der Waals surface area contributed by atoms with Crippen LogP contribution >= 0.6 is 23.2 Å². The standard InChI is InChI=1S/C36H36Cl2N2O5/c1-22(15-16-39-34(42)27-7-5-6-8-32(27)41)17-23-9-13-30(38)28(18-23)36(2)29-19-25(37)11-14-31(29)40(35(36)43)21-24-10-12-26(44-3)20-33(24)45-4/h5-14,18-20,22,41H,15-17,21H2,1-4H3,(H,39,42). The van der Waals surface area contributed by atoms with Crippen LogP contribution in [0.15, 0.2) is 78.9 Å². The number of fused-ring (bicyclic) bond motifs is 1. The normalized spacial score (nSPS) is 16.3. The predicted octanol–water partition coefficient (Wildman–Crippen LogP) is 7.57. The summed E-state index contributed by atoms with van der Waals surface area (Å²) in [5.41, 5.74) is 3.29. The molecule has 0 aliphatic carbocycles. The topological polar surface area (TPSA) is 88.1 Å². The predicted molar refractivity (Wildman–Crippen MR) is 178 cm³/mol. The SMILES string of the molecule is COc1ccc(CN2C(=O)C(C)(c3cc(CC(C)CCNC(=O)c4ccccc4O)ccc3Cl)c3cc(Cl)ccc32)c(OC)c1. The zero-order valence-corrected chi connectivity index (χ0v) is 27.2. The number of carbonyl (C=O) groups is 2. The minimum absolute atomic E-state index is 0.0451. The van der Waals surface area contributed by atoms with Crippen LogP contribution in [0.2, 0.25) is 10.0 Å². The lowest BCUT2D eigenvalue weighted by Gasteiger charge is -2.27. The fourth-order valence-corrected chi connectivity index (χ4v) is 6.47. The Kier molecular flexibility index (Phi) is 9.61. The Balaban J connectivity index is 1.38. The first-order chi connectivity index (χ1) is 21.6. The van der Waals surface area contributed by atoms with Gasteiger partial charge in [0.05, 0.1) is 26.3 Å². The lowest BCUT2D eigenvalue weighted by Crippen LogP contribution is -2.39. The lowest BCUT2D eigenvalue weighted by molar-refractivity contribution is -0.121. The van der Waals surface area contributed by atoms with Crippen molar-refractivity contribution in [2.24, 2.45) is 5.92 Å². The molecule has 0 aromatic heterocycles. The highest BCUT2D eigenvalue weighted by Gasteiger charge is 2.50. The van der Waals surface area contributed by atoms with Crippen molar-refractivity contribution in [3.05, 3.63) is 117 Å². The van der Waals surface area contributed by atoms with Crippen LogP contribution < -0.4 is 19.7 Å². The van der Waals surface area contributed by atoms with Crippen molar-refractivity contribution >= 4 is 40.7 Å². The Morgan fingerprint density at radius 1 is 0.978 bits per heavy atom. The van der Waals surface area contributed by atoms with Crippen LogP contribution in [0, 0.1) is 5.92 Å². The Bertz CT molecular complexity index is 1740. The third kappa shape index (κ3) is 6.46. The van der Waals surface area contributed by atoms with E-state index in [1.807, 2.05) is 49.4 Å². The maximum atomic E-state index is 14.5. The Morgan fingerprint density at radius 2 is 1.76 bits per heavy atom. The minimum Gasteiger partial charge on any atom is -0.507 e. The van der Waals surface area contributed by atoms with E-state index in [-0.39, 0.29) is 35.6 Å². The monoisotopic (exact) mass is 646 g/mol. The molecule has 0 bridgehead atoms. The molecule has 0 spiro atoms. The Labute approximate surface area is 273 Å². The molecule has 9 heteroatoms. The average Bonchev–Trinajstić information content (AvgIpc) is 3.23. The molecular weight excluding hydrogens is 611 g/mol. The van der Waals surface area contributed by atoms with Gasteiger partial charge in [-0.15, -0.1) is 0 Å². The molecule has 45 heavy (non-hydrogen) atoms. The van der Waals surface area contributed by atoms with Crippen LogP contribution in [-0.2, 0) is 23.2 Å². The summed E-state index contributed by atoms with van der Waals surface area (Å²) >= 11 is 13.3. The second-order valence-electron chi connectivity index (χ2n) is 11.5. The smallest absolute Gasteiger partial charge is 0.255 e. The van der Waals surface area contributed by atoms with E-state index in [9.17, 15) is 14.7 Å². The fourth-order valence-electron chi connectivity index (χ4n) is 5.99. The quantitative estimate of drug-likeness (QED) is 0.175. The van der Waals surface area contributed by atoms with E-state index >= 15 is 0 Å². The van der Waals surface area contributed by atoms with Gasteiger partial charge in [0.1, 0.15) is 22.7 Å². The number of hydrogen-bond acceptors (Lipinski definition) is 5. The van der Waals surface area contributed by atoms with E-state index in [0.29, 0.717) is 33.7 Å². The van der Waals surface area contributed by atoms with Crippen molar-refractivity contribution in [1.29, 1.82) is 0 Å². The number of para-hydroxylation sites is 1. The van der Waals surface area contributed by atoms with Crippen molar-refractivity contribution in [1.82, 2.24) is 5.32 Å². The summed E-state index contributed by atoms with van der Waals surface area (Å²) in [4.78, 5) is 28.7. The van der Waals surface area contributed by atoms with Crippen LogP contribution in [0.1, 0.15) is 52.9 Å². The molecule has 1 aliphatic rings. The average molecular weight is 648 g/mol. The fraction of sp³-hybridized carbons (Fsp3) is 0.278. The number of phenolic OH excluding ortho intramolecular Hbond substituents is 1. The second-order valence-corrected chi connectivity index (χ2v) is 12.4. The number of ether oxygens (including phenoxy) is 2. The van der Waals surface area contributed by atoms with Gasteiger partial charge in [0.2, 0.25) is 5.91 Å². The summed E-state index contributed by atoms with van der Waals surface area (Å²) in [5.74, 6) is 1.04. The van der Waals surface area contributed by atoms with Gasteiger partial charge in [-0.2, -0.15) is 0 Å². The van der Waals surface area contributed by atoms with Crippen molar-refractivity contribution in [2.75, 3.05) is 25.7 Å². The molecule has 7 nitrogen and oxygen atoms in total. The number of nitrogens with one attached hydrogen (secondary N) is 1. The highest BCUT2D eigenvalue weighted by molar-refractivity contribution is 6.32. The maximum absolute atomic E-state index is 14.5. The molecule has 234 valence electrons. The van der Waals surface area contributed by atoms with E-state index < -0.39 is 5.41 Å². The molecule has 4 aromatic rings. The summed E-state index contributed by atoms with van der Waals surface area (Å²) in [6.07, 6.45) is 1.44. The lowest BCUT2D eigenvalue weighted by atomic mass is 9.76. The van der Waals surface area contributed by atoms with Gasteiger partial charge in [0.25, 0.3) is 5.91 Å². The van der Waals surface area contributed by atoms with Crippen molar-refractivity contribution in [2.45, 2.75) is 38.6 Å². The number of phenols is 1. The van der Waals surface area contributed by atoms with Crippen molar-refractivity contribution in [3.63, 3.8) is 0 Å². The van der Waals surface area contributed by atoms with E-state index in [2.05, 4.69) is 12.2 Å². The minimum atomic E-state index is -1.08. The van der Waals surface area contributed by atoms with Gasteiger partial charge in [-0.05, 0) is 90.9 Å². The highest BCUT2D eigenvalue weighted by Crippen LogP contribution is 2.49.